The van der Waals surface area contributed by atoms with E-state index in [0.29, 0.717) is 38.0 Å². The largest absolute Gasteiger partial charge is 0.377 e. The van der Waals surface area contributed by atoms with Crippen LogP contribution in [0.5, 0.6) is 0 Å². The van der Waals surface area contributed by atoms with Crippen LogP contribution < -0.4 is 0 Å². The molecule has 2 amide bonds. The molecule has 0 aliphatic carbocycles. The van der Waals surface area contributed by atoms with Crippen LogP contribution in [0.4, 0.5) is 0 Å². The van der Waals surface area contributed by atoms with E-state index in [1.807, 2.05) is 9.80 Å². The number of ether oxygens (including phenoxy) is 1. The SMILES string of the molecule is Cn1cnc(C(=O)N2CC[C@@H]3[C@@H](CO[C@H]3CC(=O)N3CCCCC3)C2)n1. The predicted octanol–water partition coefficient (Wildman–Crippen LogP) is 0.695. The topological polar surface area (TPSA) is 80.6 Å². The maximum atomic E-state index is 12.6. The monoisotopic (exact) mass is 361 g/mol. The molecule has 1 aromatic heterocycles. The number of nitrogens with zero attached hydrogens (tertiary/aromatic N) is 5. The van der Waals surface area contributed by atoms with E-state index in [2.05, 4.69) is 10.1 Å². The third kappa shape index (κ3) is 3.47. The van der Waals surface area contributed by atoms with Crippen molar-refractivity contribution in [2.45, 2.75) is 38.2 Å². The molecule has 3 atom stereocenters. The lowest BCUT2D eigenvalue weighted by Gasteiger charge is -2.35. The normalized spacial score (nSPS) is 28.9. The highest BCUT2D eigenvalue weighted by molar-refractivity contribution is 5.90. The van der Waals surface area contributed by atoms with Crippen molar-refractivity contribution >= 4 is 11.8 Å². The highest BCUT2D eigenvalue weighted by atomic mass is 16.5. The van der Waals surface area contributed by atoms with Crippen molar-refractivity contribution in [3.63, 3.8) is 0 Å². The predicted molar refractivity (Wildman–Crippen MR) is 93.3 cm³/mol. The van der Waals surface area contributed by atoms with Gasteiger partial charge in [0.2, 0.25) is 11.7 Å². The first-order valence-electron chi connectivity index (χ1n) is 9.66. The molecule has 0 spiro atoms. The molecule has 0 radical (unpaired) electrons. The molecule has 4 rings (SSSR count). The number of aromatic nitrogens is 3. The molecule has 3 fully saturated rings. The first kappa shape index (κ1) is 17.5. The molecule has 4 heterocycles. The number of hydrogen-bond donors (Lipinski definition) is 0. The van der Waals surface area contributed by atoms with Crippen LogP contribution in [0.2, 0.25) is 0 Å². The number of amides is 2. The van der Waals surface area contributed by atoms with Crippen molar-refractivity contribution in [2.75, 3.05) is 32.8 Å². The standard InChI is InChI=1S/C18H27N5O3/c1-21-12-19-17(20-21)18(25)23-8-5-14-13(10-23)11-26-15(14)9-16(24)22-6-3-2-4-7-22/h12-15H,2-11H2,1H3/t13-,14-,15+/m1/s1. The molecule has 142 valence electrons. The second-order valence-electron chi connectivity index (χ2n) is 7.72. The summed E-state index contributed by atoms with van der Waals surface area (Å²) in [7, 11) is 1.75. The molecule has 0 N–H and O–H groups in total. The van der Waals surface area contributed by atoms with Gasteiger partial charge in [0, 0.05) is 39.1 Å². The summed E-state index contributed by atoms with van der Waals surface area (Å²) in [6.45, 7) is 3.74. The average Bonchev–Trinajstić information content (AvgIpc) is 3.28. The van der Waals surface area contributed by atoms with Crippen molar-refractivity contribution in [3.05, 3.63) is 12.2 Å². The van der Waals surface area contributed by atoms with E-state index in [4.69, 9.17) is 4.74 Å². The Hall–Kier alpha value is -1.96. The van der Waals surface area contributed by atoms with Gasteiger partial charge in [-0.25, -0.2) is 4.98 Å². The molecular formula is C18H27N5O3. The van der Waals surface area contributed by atoms with Gasteiger partial charge >= 0.3 is 0 Å². The Balaban J connectivity index is 1.33. The zero-order valence-electron chi connectivity index (χ0n) is 15.3. The highest BCUT2D eigenvalue weighted by Crippen LogP contribution is 2.36. The number of rotatable bonds is 3. The average molecular weight is 361 g/mol. The number of aryl methyl sites for hydroxylation is 1. The number of piperidine rings is 2. The summed E-state index contributed by atoms with van der Waals surface area (Å²) >= 11 is 0. The fourth-order valence-corrected chi connectivity index (χ4v) is 4.50. The molecule has 0 aromatic carbocycles. The van der Waals surface area contributed by atoms with Crippen LogP contribution in [0.3, 0.4) is 0 Å². The van der Waals surface area contributed by atoms with Crippen LogP contribution in [-0.2, 0) is 16.6 Å². The van der Waals surface area contributed by atoms with Crippen LogP contribution >= 0.6 is 0 Å². The summed E-state index contributed by atoms with van der Waals surface area (Å²) in [5.41, 5.74) is 0. The van der Waals surface area contributed by atoms with Crippen LogP contribution in [0.25, 0.3) is 0 Å². The van der Waals surface area contributed by atoms with Crippen molar-refractivity contribution in [1.29, 1.82) is 0 Å². The lowest BCUT2D eigenvalue weighted by Crippen LogP contribution is -2.45. The fraction of sp³-hybridized carbons (Fsp3) is 0.778. The van der Waals surface area contributed by atoms with Crippen LogP contribution in [0.1, 0.15) is 42.7 Å². The zero-order chi connectivity index (χ0) is 18.1. The fourth-order valence-electron chi connectivity index (χ4n) is 4.50. The molecule has 1 aromatic rings. The number of carbonyl (C=O) groups is 2. The van der Waals surface area contributed by atoms with Gasteiger partial charge in [-0.05, 0) is 31.6 Å². The van der Waals surface area contributed by atoms with Gasteiger partial charge in [0.1, 0.15) is 6.33 Å². The molecule has 3 aliphatic rings. The number of hydrogen-bond acceptors (Lipinski definition) is 5. The van der Waals surface area contributed by atoms with E-state index in [-0.39, 0.29) is 23.7 Å². The zero-order valence-corrected chi connectivity index (χ0v) is 15.3. The number of carbonyl (C=O) groups excluding carboxylic acids is 2. The number of likely N-dealkylation sites (tertiary alicyclic amines) is 2. The molecule has 26 heavy (non-hydrogen) atoms. The Morgan fingerprint density at radius 1 is 1.19 bits per heavy atom. The second kappa shape index (κ2) is 7.34. The summed E-state index contributed by atoms with van der Waals surface area (Å²) in [5, 5.41) is 4.11. The minimum Gasteiger partial charge on any atom is -0.377 e. The maximum Gasteiger partial charge on any atom is 0.293 e. The van der Waals surface area contributed by atoms with Gasteiger partial charge in [0.05, 0.1) is 19.1 Å². The lowest BCUT2D eigenvalue weighted by molar-refractivity contribution is -0.134. The van der Waals surface area contributed by atoms with E-state index in [1.165, 1.54) is 6.42 Å². The Kier molecular flexibility index (Phi) is 4.93. The summed E-state index contributed by atoms with van der Waals surface area (Å²) in [4.78, 5) is 33.0. The molecule has 8 heteroatoms. The van der Waals surface area contributed by atoms with Gasteiger partial charge in [-0.15, -0.1) is 5.10 Å². The maximum absolute atomic E-state index is 12.6. The smallest absolute Gasteiger partial charge is 0.293 e. The van der Waals surface area contributed by atoms with Crippen LogP contribution in [0, 0.1) is 11.8 Å². The Morgan fingerprint density at radius 2 is 2.00 bits per heavy atom. The van der Waals surface area contributed by atoms with Crippen molar-refractivity contribution in [1.82, 2.24) is 24.6 Å². The van der Waals surface area contributed by atoms with E-state index >= 15 is 0 Å². The molecule has 0 saturated carbocycles. The number of fused-ring (bicyclic) bond motifs is 1. The van der Waals surface area contributed by atoms with Crippen molar-refractivity contribution in [3.8, 4) is 0 Å². The first-order valence-corrected chi connectivity index (χ1v) is 9.66. The van der Waals surface area contributed by atoms with E-state index in [0.717, 1.165) is 32.4 Å². The molecule has 0 bridgehead atoms. The van der Waals surface area contributed by atoms with E-state index < -0.39 is 0 Å². The Bertz CT molecular complexity index is 670. The first-order chi connectivity index (χ1) is 12.6. The van der Waals surface area contributed by atoms with Crippen LogP contribution in [-0.4, -0.2) is 75.3 Å². The Morgan fingerprint density at radius 3 is 2.73 bits per heavy atom. The molecule has 3 saturated heterocycles. The van der Waals surface area contributed by atoms with Gasteiger partial charge in [0.25, 0.3) is 5.91 Å². The van der Waals surface area contributed by atoms with E-state index in [1.54, 1.807) is 18.1 Å². The molecule has 0 unspecified atom stereocenters. The van der Waals surface area contributed by atoms with Crippen molar-refractivity contribution in [2.24, 2.45) is 18.9 Å². The summed E-state index contributed by atoms with van der Waals surface area (Å²) in [5.74, 6) is 1.03. The third-order valence-electron chi connectivity index (χ3n) is 5.96. The van der Waals surface area contributed by atoms with Gasteiger partial charge < -0.3 is 14.5 Å². The van der Waals surface area contributed by atoms with Gasteiger partial charge in [0.15, 0.2) is 0 Å². The summed E-state index contributed by atoms with van der Waals surface area (Å²) < 4.78 is 7.52. The Labute approximate surface area is 153 Å². The summed E-state index contributed by atoms with van der Waals surface area (Å²) in [6, 6.07) is 0. The third-order valence-corrected chi connectivity index (χ3v) is 5.96. The van der Waals surface area contributed by atoms with Crippen LogP contribution in [0.15, 0.2) is 6.33 Å². The van der Waals surface area contributed by atoms with Crippen molar-refractivity contribution < 1.29 is 14.3 Å². The highest BCUT2D eigenvalue weighted by Gasteiger charge is 2.43. The van der Waals surface area contributed by atoms with E-state index in [9.17, 15) is 9.59 Å². The quantitative estimate of drug-likeness (QED) is 0.791. The second-order valence-corrected chi connectivity index (χ2v) is 7.72. The lowest BCUT2D eigenvalue weighted by atomic mass is 9.83. The molecule has 3 aliphatic heterocycles. The molecular weight excluding hydrogens is 334 g/mol. The summed E-state index contributed by atoms with van der Waals surface area (Å²) in [6.07, 6.45) is 6.35. The van der Waals surface area contributed by atoms with Gasteiger partial charge in [-0.1, -0.05) is 0 Å². The van der Waals surface area contributed by atoms with Gasteiger partial charge in [-0.3, -0.25) is 14.3 Å². The molecule has 8 nitrogen and oxygen atoms in total. The van der Waals surface area contributed by atoms with Gasteiger partial charge in [-0.2, -0.15) is 0 Å². The minimum absolute atomic E-state index is 0.000321. The minimum atomic E-state index is -0.114.